The fourth-order valence-corrected chi connectivity index (χ4v) is 3.50. The van der Waals surface area contributed by atoms with Crippen LogP contribution in [0.4, 0.5) is 0 Å². The van der Waals surface area contributed by atoms with Crippen LogP contribution in [0.15, 0.2) is 21.3 Å². The molecule has 1 heterocycles. The molecule has 6 heteroatoms. The van der Waals surface area contributed by atoms with E-state index in [4.69, 9.17) is 4.42 Å². The minimum absolute atomic E-state index is 0.0533. The molecule has 0 aliphatic heterocycles. The molecule has 134 valence electrons. The molecule has 1 saturated carbocycles. The highest BCUT2D eigenvalue weighted by Gasteiger charge is 2.20. The fraction of sp³-hybridized carbons (Fsp3) is 0.474. The maximum atomic E-state index is 12.4. The van der Waals surface area contributed by atoms with E-state index in [0.29, 0.717) is 10.9 Å². The fourth-order valence-electron chi connectivity index (χ4n) is 3.50. The highest BCUT2D eigenvalue weighted by Crippen LogP contribution is 2.34. The number of phenolic OH excluding ortho intramolecular Hbond substituents is 2. The summed E-state index contributed by atoms with van der Waals surface area (Å²) in [5.74, 6) is -1.01. The molecule has 0 bridgehead atoms. The van der Waals surface area contributed by atoms with Gasteiger partial charge in [0.2, 0.25) is 11.7 Å². The number of carbonyl (C=O) groups is 1. The molecule has 25 heavy (non-hydrogen) atoms. The van der Waals surface area contributed by atoms with Gasteiger partial charge in [-0.2, -0.15) is 0 Å². The lowest BCUT2D eigenvalue weighted by Crippen LogP contribution is -2.36. The van der Waals surface area contributed by atoms with Gasteiger partial charge in [0.1, 0.15) is 0 Å². The second-order valence-electron chi connectivity index (χ2n) is 6.74. The number of hydrogen-bond acceptors (Lipinski definition) is 5. The summed E-state index contributed by atoms with van der Waals surface area (Å²) >= 11 is 0. The molecule has 0 radical (unpaired) electrons. The normalized spacial score (nSPS) is 15.9. The van der Waals surface area contributed by atoms with Crippen molar-refractivity contribution in [1.29, 1.82) is 0 Å². The highest BCUT2D eigenvalue weighted by atomic mass is 16.4. The average Bonchev–Trinajstić information content (AvgIpc) is 2.84. The average molecular weight is 345 g/mol. The maximum Gasteiger partial charge on any atom is 0.340 e. The summed E-state index contributed by atoms with van der Waals surface area (Å²) in [5.41, 5.74) is 0.138. The number of carbonyl (C=O) groups excluding carboxylic acids is 1. The number of fused-ring (bicyclic) bond motifs is 1. The lowest BCUT2D eigenvalue weighted by Gasteiger charge is -2.16. The zero-order valence-electron chi connectivity index (χ0n) is 14.3. The van der Waals surface area contributed by atoms with Crippen molar-refractivity contribution in [3.63, 3.8) is 0 Å². The van der Waals surface area contributed by atoms with Crippen molar-refractivity contribution in [3.8, 4) is 11.5 Å². The Kier molecular flexibility index (Phi) is 4.97. The van der Waals surface area contributed by atoms with Crippen molar-refractivity contribution in [3.05, 3.63) is 33.7 Å². The van der Waals surface area contributed by atoms with Crippen LogP contribution in [0, 0.1) is 6.92 Å². The Hall–Kier alpha value is -2.50. The van der Waals surface area contributed by atoms with E-state index < -0.39 is 11.4 Å². The van der Waals surface area contributed by atoms with E-state index in [0.717, 1.165) is 25.7 Å². The van der Waals surface area contributed by atoms with Crippen molar-refractivity contribution in [2.24, 2.45) is 0 Å². The van der Waals surface area contributed by atoms with Gasteiger partial charge in [-0.15, -0.1) is 0 Å². The van der Waals surface area contributed by atoms with E-state index in [1.165, 1.54) is 18.9 Å². The van der Waals surface area contributed by atoms with Crippen molar-refractivity contribution in [1.82, 2.24) is 5.32 Å². The van der Waals surface area contributed by atoms with E-state index in [2.05, 4.69) is 5.32 Å². The lowest BCUT2D eigenvalue weighted by atomic mass is 10.0. The van der Waals surface area contributed by atoms with Gasteiger partial charge in [-0.05, 0) is 37.5 Å². The van der Waals surface area contributed by atoms with E-state index in [1.54, 1.807) is 13.0 Å². The molecular weight excluding hydrogens is 322 g/mol. The van der Waals surface area contributed by atoms with Crippen LogP contribution in [0.3, 0.4) is 0 Å². The van der Waals surface area contributed by atoms with E-state index in [9.17, 15) is 19.8 Å². The first-order valence-electron chi connectivity index (χ1n) is 8.74. The van der Waals surface area contributed by atoms with E-state index >= 15 is 0 Å². The number of amides is 1. The van der Waals surface area contributed by atoms with Crippen LogP contribution in [0.25, 0.3) is 11.0 Å². The SMILES string of the molecule is Cc1c(CC(=O)NC2CCCCCC2)c(=O)oc2c(O)c(O)ccc12. The predicted octanol–water partition coefficient (Wildman–Crippen LogP) is 2.89. The Morgan fingerprint density at radius 3 is 2.56 bits per heavy atom. The van der Waals surface area contributed by atoms with Gasteiger partial charge < -0.3 is 19.9 Å². The largest absolute Gasteiger partial charge is 0.504 e. The summed E-state index contributed by atoms with van der Waals surface area (Å²) < 4.78 is 5.15. The molecule has 0 atom stereocenters. The highest BCUT2D eigenvalue weighted by molar-refractivity contribution is 5.89. The van der Waals surface area contributed by atoms with Gasteiger partial charge in [0.25, 0.3) is 0 Å². The monoisotopic (exact) mass is 345 g/mol. The third kappa shape index (κ3) is 3.62. The number of hydrogen-bond donors (Lipinski definition) is 3. The van der Waals surface area contributed by atoms with Gasteiger partial charge in [-0.1, -0.05) is 25.7 Å². The quantitative estimate of drug-likeness (QED) is 0.451. The second-order valence-corrected chi connectivity index (χ2v) is 6.74. The molecule has 0 spiro atoms. The third-order valence-electron chi connectivity index (χ3n) is 4.97. The molecule has 1 aliphatic rings. The standard InChI is InChI=1S/C19H23NO5/c1-11-13-8-9-15(21)17(23)18(13)25-19(24)14(11)10-16(22)20-12-6-4-2-3-5-7-12/h8-9,12,21,23H,2-7,10H2,1H3,(H,20,22). The molecular formula is C19H23NO5. The van der Waals surface area contributed by atoms with Crippen LogP contribution < -0.4 is 10.9 Å². The molecule has 1 fully saturated rings. The van der Waals surface area contributed by atoms with E-state index in [-0.39, 0.29) is 35.3 Å². The number of benzene rings is 1. The number of phenols is 2. The zero-order chi connectivity index (χ0) is 18.0. The van der Waals surface area contributed by atoms with Crippen molar-refractivity contribution in [2.75, 3.05) is 0 Å². The van der Waals surface area contributed by atoms with Crippen LogP contribution in [0.1, 0.15) is 49.7 Å². The van der Waals surface area contributed by atoms with Crippen LogP contribution in [-0.4, -0.2) is 22.2 Å². The number of nitrogens with one attached hydrogen (secondary N) is 1. The van der Waals surface area contributed by atoms with Gasteiger partial charge in [0, 0.05) is 11.4 Å². The summed E-state index contributed by atoms with van der Waals surface area (Å²) in [4.78, 5) is 24.6. The Morgan fingerprint density at radius 1 is 1.20 bits per heavy atom. The first kappa shape index (κ1) is 17.3. The lowest BCUT2D eigenvalue weighted by molar-refractivity contribution is -0.121. The van der Waals surface area contributed by atoms with Gasteiger partial charge >= 0.3 is 5.63 Å². The van der Waals surface area contributed by atoms with Crippen molar-refractivity contribution in [2.45, 2.75) is 57.9 Å². The van der Waals surface area contributed by atoms with Crippen LogP contribution in [-0.2, 0) is 11.2 Å². The Labute approximate surface area is 145 Å². The predicted molar refractivity (Wildman–Crippen MR) is 93.9 cm³/mol. The second kappa shape index (κ2) is 7.17. The van der Waals surface area contributed by atoms with Gasteiger partial charge in [0.15, 0.2) is 11.3 Å². The molecule has 3 rings (SSSR count). The smallest absolute Gasteiger partial charge is 0.340 e. The molecule has 6 nitrogen and oxygen atoms in total. The maximum absolute atomic E-state index is 12.4. The zero-order valence-corrected chi connectivity index (χ0v) is 14.3. The summed E-state index contributed by atoms with van der Waals surface area (Å²) in [7, 11) is 0. The minimum atomic E-state index is -0.665. The molecule has 0 saturated heterocycles. The topological polar surface area (TPSA) is 99.8 Å². The van der Waals surface area contributed by atoms with Crippen LogP contribution in [0.5, 0.6) is 11.5 Å². The molecule has 1 amide bonds. The van der Waals surface area contributed by atoms with Gasteiger partial charge in [-0.25, -0.2) is 4.79 Å². The molecule has 0 unspecified atom stereocenters. The number of rotatable bonds is 3. The van der Waals surface area contributed by atoms with Crippen molar-refractivity contribution >= 4 is 16.9 Å². The third-order valence-corrected chi connectivity index (χ3v) is 4.97. The van der Waals surface area contributed by atoms with Crippen molar-refractivity contribution < 1.29 is 19.4 Å². The number of aromatic hydroxyl groups is 2. The summed E-state index contributed by atoms with van der Waals surface area (Å²) in [5, 5.41) is 22.9. The van der Waals surface area contributed by atoms with E-state index in [1.807, 2.05) is 0 Å². The first-order valence-corrected chi connectivity index (χ1v) is 8.74. The van der Waals surface area contributed by atoms with Gasteiger partial charge in [-0.3, -0.25) is 4.79 Å². The minimum Gasteiger partial charge on any atom is -0.504 e. The van der Waals surface area contributed by atoms with Crippen LogP contribution >= 0.6 is 0 Å². The summed E-state index contributed by atoms with van der Waals surface area (Å²) in [6, 6.07) is 3.07. The Bertz CT molecular complexity index is 847. The number of aryl methyl sites for hydroxylation is 1. The molecule has 2 aromatic rings. The van der Waals surface area contributed by atoms with Crippen LogP contribution in [0.2, 0.25) is 0 Å². The summed E-state index contributed by atoms with van der Waals surface area (Å²) in [6.45, 7) is 1.71. The molecule has 1 aliphatic carbocycles. The van der Waals surface area contributed by atoms with Gasteiger partial charge in [0.05, 0.1) is 12.0 Å². The molecule has 1 aromatic heterocycles. The Morgan fingerprint density at radius 2 is 1.88 bits per heavy atom. The first-order chi connectivity index (χ1) is 12.0. The molecule has 3 N–H and O–H groups in total. The molecule has 1 aromatic carbocycles. The summed E-state index contributed by atoms with van der Waals surface area (Å²) in [6.07, 6.45) is 6.54. The Balaban J connectivity index is 1.84.